The Kier molecular flexibility index (Phi) is 2.84. The average Bonchev–Trinajstić information content (AvgIpc) is 2.18. The summed E-state index contributed by atoms with van der Waals surface area (Å²) in [6.07, 6.45) is 0.521. The molecule has 1 aromatic carbocycles. The van der Waals surface area contributed by atoms with Crippen LogP contribution in [-0.2, 0) is 5.60 Å². The van der Waals surface area contributed by atoms with Crippen LogP contribution in [0.2, 0.25) is 0 Å². The zero-order valence-corrected chi connectivity index (χ0v) is 7.20. The fourth-order valence-corrected chi connectivity index (χ4v) is 1.16. The van der Waals surface area contributed by atoms with Gasteiger partial charge in [0.25, 0.3) is 0 Å². The summed E-state index contributed by atoms with van der Waals surface area (Å²) in [6, 6.07) is 9.23. The number of aliphatic hydroxyl groups excluding tert-OH is 1. The number of hydrogen-bond acceptors (Lipinski definition) is 2. The molecule has 0 aliphatic carbocycles. The molecular weight excluding hydrogens is 152 g/mol. The van der Waals surface area contributed by atoms with E-state index in [1.165, 1.54) is 0 Å². The molecule has 0 fully saturated rings. The molecule has 0 aliphatic rings. The molecule has 2 heteroatoms. The van der Waals surface area contributed by atoms with Crippen molar-refractivity contribution in [1.82, 2.24) is 0 Å². The van der Waals surface area contributed by atoms with Crippen LogP contribution in [0.25, 0.3) is 0 Å². The number of hydrogen-bond donors (Lipinski definition) is 2. The highest BCUT2D eigenvalue weighted by molar-refractivity contribution is 5.21. The lowest BCUT2D eigenvalue weighted by molar-refractivity contribution is -0.0222. The smallest absolute Gasteiger partial charge is 0.112 e. The summed E-state index contributed by atoms with van der Waals surface area (Å²) < 4.78 is 0. The predicted octanol–water partition coefficient (Wildman–Crippen LogP) is 1.28. The number of benzene rings is 1. The van der Waals surface area contributed by atoms with Gasteiger partial charge in [-0.15, -0.1) is 0 Å². The summed E-state index contributed by atoms with van der Waals surface area (Å²) >= 11 is 0. The van der Waals surface area contributed by atoms with Crippen LogP contribution in [0.1, 0.15) is 18.9 Å². The van der Waals surface area contributed by atoms with E-state index in [9.17, 15) is 5.11 Å². The predicted molar refractivity (Wildman–Crippen MR) is 47.7 cm³/mol. The van der Waals surface area contributed by atoms with Gasteiger partial charge in [-0.3, -0.25) is 0 Å². The van der Waals surface area contributed by atoms with E-state index in [1.54, 1.807) is 0 Å². The van der Waals surface area contributed by atoms with Crippen molar-refractivity contribution in [3.8, 4) is 0 Å². The Morgan fingerprint density at radius 3 is 2.25 bits per heavy atom. The Labute approximate surface area is 72.5 Å². The Morgan fingerprint density at radius 1 is 1.25 bits per heavy atom. The molecule has 0 radical (unpaired) electrons. The van der Waals surface area contributed by atoms with Gasteiger partial charge in [0.15, 0.2) is 0 Å². The zero-order chi connectivity index (χ0) is 9.03. The topological polar surface area (TPSA) is 40.5 Å². The third-order valence-electron chi connectivity index (χ3n) is 2.16. The van der Waals surface area contributed by atoms with Gasteiger partial charge in [-0.25, -0.2) is 0 Å². The van der Waals surface area contributed by atoms with E-state index < -0.39 is 5.60 Å². The van der Waals surface area contributed by atoms with E-state index in [2.05, 4.69) is 0 Å². The standard InChI is InChI=1S/C10H14O2/c1-2-10(12,8-11)9-6-4-3-5-7-9/h3-7,11-12H,2,8H2,1H3/t10-/m1/s1. The molecule has 0 aromatic heterocycles. The third-order valence-corrected chi connectivity index (χ3v) is 2.16. The first-order chi connectivity index (χ1) is 5.73. The summed E-state index contributed by atoms with van der Waals surface area (Å²) in [5.74, 6) is 0. The second kappa shape index (κ2) is 3.70. The van der Waals surface area contributed by atoms with Crippen molar-refractivity contribution < 1.29 is 10.2 Å². The highest BCUT2D eigenvalue weighted by Gasteiger charge is 2.25. The van der Waals surface area contributed by atoms with Crippen molar-refractivity contribution in [2.45, 2.75) is 18.9 Å². The van der Waals surface area contributed by atoms with Crippen molar-refractivity contribution in [3.63, 3.8) is 0 Å². The molecule has 2 nitrogen and oxygen atoms in total. The Morgan fingerprint density at radius 2 is 1.83 bits per heavy atom. The third kappa shape index (κ3) is 1.65. The highest BCUT2D eigenvalue weighted by Crippen LogP contribution is 2.23. The second-order valence-electron chi connectivity index (χ2n) is 2.91. The van der Waals surface area contributed by atoms with E-state index in [-0.39, 0.29) is 6.61 Å². The Bertz CT molecular complexity index is 227. The normalized spacial score (nSPS) is 15.6. The minimum Gasteiger partial charge on any atom is -0.393 e. The Balaban J connectivity index is 2.95. The summed E-state index contributed by atoms with van der Waals surface area (Å²) in [4.78, 5) is 0. The van der Waals surface area contributed by atoms with Gasteiger partial charge in [0.05, 0.1) is 6.61 Å². The molecule has 2 N–H and O–H groups in total. The highest BCUT2D eigenvalue weighted by atomic mass is 16.3. The minimum absolute atomic E-state index is 0.229. The quantitative estimate of drug-likeness (QED) is 0.710. The van der Waals surface area contributed by atoms with Gasteiger partial charge < -0.3 is 10.2 Å². The summed E-state index contributed by atoms with van der Waals surface area (Å²) in [6.45, 7) is 1.62. The van der Waals surface area contributed by atoms with Crippen LogP contribution in [0.15, 0.2) is 30.3 Å². The van der Waals surface area contributed by atoms with Crippen molar-refractivity contribution in [2.75, 3.05) is 6.61 Å². The largest absolute Gasteiger partial charge is 0.393 e. The van der Waals surface area contributed by atoms with Crippen molar-refractivity contribution in [1.29, 1.82) is 0 Å². The first kappa shape index (κ1) is 9.23. The molecule has 0 saturated carbocycles. The van der Waals surface area contributed by atoms with Crippen molar-refractivity contribution >= 4 is 0 Å². The first-order valence-corrected chi connectivity index (χ1v) is 4.11. The van der Waals surface area contributed by atoms with Crippen LogP contribution >= 0.6 is 0 Å². The molecule has 1 atom stereocenters. The monoisotopic (exact) mass is 166 g/mol. The van der Waals surface area contributed by atoms with Crippen LogP contribution in [0.5, 0.6) is 0 Å². The molecule has 0 heterocycles. The van der Waals surface area contributed by atoms with E-state index in [1.807, 2.05) is 37.3 Å². The molecule has 0 spiro atoms. The van der Waals surface area contributed by atoms with Gasteiger partial charge in [-0.1, -0.05) is 37.3 Å². The van der Waals surface area contributed by atoms with E-state index >= 15 is 0 Å². The van der Waals surface area contributed by atoms with Crippen LogP contribution in [0, 0.1) is 0 Å². The molecule has 0 amide bonds. The maximum atomic E-state index is 9.85. The number of aliphatic hydroxyl groups is 2. The summed E-state index contributed by atoms with van der Waals surface area (Å²) in [7, 11) is 0. The molecule has 1 rings (SSSR count). The zero-order valence-electron chi connectivity index (χ0n) is 7.20. The lowest BCUT2D eigenvalue weighted by atomic mass is 9.92. The van der Waals surface area contributed by atoms with Gasteiger partial charge in [0, 0.05) is 0 Å². The second-order valence-corrected chi connectivity index (χ2v) is 2.91. The van der Waals surface area contributed by atoms with Gasteiger partial charge in [-0.05, 0) is 12.0 Å². The fraction of sp³-hybridized carbons (Fsp3) is 0.400. The molecule has 0 unspecified atom stereocenters. The van der Waals surface area contributed by atoms with Gasteiger partial charge >= 0.3 is 0 Å². The first-order valence-electron chi connectivity index (χ1n) is 4.11. The maximum Gasteiger partial charge on any atom is 0.112 e. The Hall–Kier alpha value is -0.860. The van der Waals surface area contributed by atoms with Crippen LogP contribution in [0.4, 0.5) is 0 Å². The van der Waals surface area contributed by atoms with E-state index in [0.29, 0.717) is 6.42 Å². The van der Waals surface area contributed by atoms with Crippen molar-refractivity contribution in [3.05, 3.63) is 35.9 Å². The molecule has 66 valence electrons. The summed E-state index contributed by atoms with van der Waals surface area (Å²) in [5, 5.41) is 18.8. The van der Waals surface area contributed by atoms with Crippen LogP contribution in [0.3, 0.4) is 0 Å². The number of rotatable bonds is 3. The van der Waals surface area contributed by atoms with Gasteiger partial charge in [-0.2, -0.15) is 0 Å². The molecular formula is C10H14O2. The van der Waals surface area contributed by atoms with Crippen molar-refractivity contribution in [2.24, 2.45) is 0 Å². The molecule has 0 aliphatic heterocycles. The van der Waals surface area contributed by atoms with Gasteiger partial charge in [0.2, 0.25) is 0 Å². The van der Waals surface area contributed by atoms with Gasteiger partial charge in [0.1, 0.15) is 5.60 Å². The SMILES string of the molecule is CC[C@@](O)(CO)c1ccccc1. The molecule has 0 saturated heterocycles. The van der Waals surface area contributed by atoms with E-state index in [4.69, 9.17) is 5.11 Å². The summed E-state index contributed by atoms with van der Waals surface area (Å²) in [5.41, 5.74) is -0.295. The molecule has 1 aromatic rings. The van der Waals surface area contributed by atoms with Crippen LogP contribution < -0.4 is 0 Å². The lowest BCUT2D eigenvalue weighted by Crippen LogP contribution is -2.28. The average molecular weight is 166 g/mol. The maximum absolute atomic E-state index is 9.85. The molecule has 12 heavy (non-hydrogen) atoms. The minimum atomic E-state index is -1.07. The van der Waals surface area contributed by atoms with Crippen LogP contribution in [-0.4, -0.2) is 16.8 Å². The lowest BCUT2D eigenvalue weighted by Gasteiger charge is -2.24. The van der Waals surface area contributed by atoms with E-state index in [0.717, 1.165) is 5.56 Å². The fourth-order valence-electron chi connectivity index (χ4n) is 1.16. The molecule has 0 bridgehead atoms.